The molecule has 0 amide bonds. The van der Waals surface area contributed by atoms with Crippen LogP contribution in [0.4, 0.5) is 0 Å². The Balaban J connectivity index is 2.17. The summed E-state index contributed by atoms with van der Waals surface area (Å²) >= 11 is 2.00. The normalized spacial score (nSPS) is 22.5. The first-order valence-corrected chi connectivity index (χ1v) is 6.18. The van der Waals surface area contributed by atoms with Gasteiger partial charge in [-0.05, 0) is 25.0 Å². The van der Waals surface area contributed by atoms with Crippen LogP contribution in [0, 0.1) is 0 Å². The molecule has 1 rings (SSSR count). The highest BCUT2D eigenvalue weighted by Crippen LogP contribution is 2.35. The molecule has 0 heterocycles. The highest BCUT2D eigenvalue weighted by molar-refractivity contribution is 8.00. The van der Waals surface area contributed by atoms with Crippen molar-refractivity contribution in [2.45, 2.75) is 56.7 Å². The number of hydrogen-bond donors (Lipinski definition) is 1. The number of rotatable bonds is 4. The van der Waals surface area contributed by atoms with Gasteiger partial charge in [-0.3, -0.25) is 0 Å². The number of unbranched alkanes of at least 4 members (excludes halogenated alkanes) is 1. The Hall–Kier alpha value is 0.310. The topological polar surface area (TPSA) is 26.0 Å². The summed E-state index contributed by atoms with van der Waals surface area (Å²) in [5, 5.41) is 0. The predicted molar refractivity (Wildman–Crippen MR) is 57.4 cm³/mol. The van der Waals surface area contributed by atoms with Crippen molar-refractivity contribution in [2.75, 3.05) is 5.75 Å². The number of thioether (sulfide) groups is 1. The molecule has 0 aromatic heterocycles. The third-order valence-corrected chi connectivity index (χ3v) is 4.06. The lowest BCUT2D eigenvalue weighted by molar-refractivity contribution is 0.407. The average Bonchev–Trinajstić information content (AvgIpc) is 2.06. The van der Waals surface area contributed by atoms with E-state index in [9.17, 15) is 0 Å². The van der Waals surface area contributed by atoms with Crippen molar-refractivity contribution in [3.8, 4) is 0 Å². The SMILES string of the molecule is CCCCSC1(N)CCCCC1. The first-order chi connectivity index (χ1) is 5.77. The molecule has 0 aromatic carbocycles. The van der Waals surface area contributed by atoms with Crippen molar-refractivity contribution in [2.24, 2.45) is 5.73 Å². The number of nitrogens with two attached hydrogens (primary N) is 1. The molecular weight excluding hydrogens is 166 g/mol. The van der Waals surface area contributed by atoms with E-state index in [1.807, 2.05) is 11.8 Å². The zero-order valence-electron chi connectivity index (χ0n) is 8.14. The highest BCUT2D eigenvalue weighted by atomic mass is 32.2. The lowest BCUT2D eigenvalue weighted by Gasteiger charge is -2.32. The van der Waals surface area contributed by atoms with Crippen LogP contribution in [0.5, 0.6) is 0 Å². The molecule has 2 heteroatoms. The number of hydrogen-bond acceptors (Lipinski definition) is 2. The van der Waals surface area contributed by atoms with E-state index in [2.05, 4.69) is 6.92 Å². The summed E-state index contributed by atoms with van der Waals surface area (Å²) in [5.74, 6) is 1.26. The summed E-state index contributed by atoms with van der Waals surface area (Å²) in [4.78, 5) is 0.146. The molecule has 0 bridgehead atoms. The molecule has 0 saturated heterocycles. The quantitative estimate of drug-likeness (QED) is 0.540. The van der Waals surface area contributed by atoms with E-state index >= 15 is 0 Å². The van der Waals surface area contributed by atoms with Gasteiger partial charge >= 0.3 is 0 Å². The molecular formula is C10H21NS. The lowest BCUT2D eigenvalue weighted by Crippen LogP contribution is -2.38. The monoisotopic (exact) mass is 187 g/mol. The van der Waals surface area contributed by atoms with E-state index in [1.54, 1.807) is 0 Å². The molecule has 2 N–H and O–H groups in total. The second-order valence-corrected chi connectivity index (χ2v) is 5.34. The van der Waals surface area contributed by atoms with E-state index in [-0.39, 0.29) is 4.87 Å². The van der Waals surface area contributed by atoms with Gasteiger partial charge in [0.15, 0.2) is 0 Å². The van der Waals surface area contributed by atoms with E-state index in [0.717, 1.165) is 0 Å². The summed E-state index contributed by atoms with van der Waals surface area (Å²) in [5.41, 5.74) is 6.26. The summed E-state index contributed by atoms with van der Waals surface area (Å²) in [6.45, 7) is 2.24. The van der Waals surface area contributed by atoms with Crippen LogP contribution in [0.3, 0.4) is 0 Å². The largest absolute Gasteiger partial charge is 0.317 e. The van der Waals surface area contributed by atoms with Crippen LogP contribution >= 0.6 is 11.8 Å². The Morgan fingerprint density at radius 3 is 2.50 bits per heavy atom. The molecule has 1 aliphatic carbocycles. The Labute approximate surface area is 80.5 Å². The Morgan fingerprint density at radius 1 is 1.25 bits per heavy atom. The van der Waals surface area contributed by atoms with Gasteiger partial charge in [-0.25, -0.2) is 0 Å². The van der Waals surface area contributed by atoms with E-state index in [4.69, 9.17) is 5.73 Å². The van der Waals surface area contributed by atoms with Gasteiger partial charge in [0.2, 0.25) is 0 Å². The molecule has 1 fully saturated rings. The maximum absolute atomic E-state index is 6.26. The maximum atomic E-state index is 6.26. The van der Waals surface area contributed by atoms with Crippen LogP contribution in [0.15, 0.2) is 0 Å². The van der Waals surface area contributed by atoms with Gasteiger partial charge in [0.1, 0.15) is 0 Å². The van der Waals surface area contributed by atoms with Gasteiger partial charge in [-0.15, -0.1) is 11.8 Å². The molecule has 0 aliphatic heterocycles. The zero-order chi connectivity index (χ0) is 8.86. The lowest BCUT2D eigenvalue weighted by atomic mass is 9.96. The molecule has 1 saturated carbocycles. The van der Waals surface area contributed by atoms with Crippen molar-refractivity contribution in [1.82, 2.24) is 0 Å². The second kappa shape index (κ2) is 5.13. The fourth-order valence-electron chi connectivity index (χ4n) is 1.71. The Morgan fingerprint density at radius 2 is 1.92 bits per heavy atom. The van der Waals surface area contributed by atoms with Gasteiger partial charge in [0.25, 0.3) is 0 Å². The Kier molecular flexibility index (Phi) is 4.44. The van der Waals surface area contributed by atoms with Crippen molar-refractivity contribution >= 4 is 11.8 Å². The standard InChI is InChI=1S/C10H21NS/c1-2-3-9-12-10(11)7-5-4-6-8-10/h2-9,11H2,1H3. The smallest absolute Gasteiger partial charge is 0.0620 e. The van der Waals surface area contributed by atoms with Crippen LogP contribution < -0.4 is 5.73 Å². The van der Waals surface area contributed by atoms with Gasteiger partial charge in [-0.1, -0.05) is 32.6 Å². The molecule has 1 aliphatic rings. The summed E-state index contributed by atoms with van der Waals surface area (Å²) < 4.78 is 0. The van der Waals surface area contributed by atoms with E-state index < -0.39 is 0 Å². The maximum Gasteiger partial charge on any atom is 0.0620 e. The zero-order valence-corrected chi connectivity index (χ0v) is 8.96. The molecule has 0 aromatic rings. The van der Waals surface area contributed by atoms with Gasteiger partial charge in [0, 0.05) is 0 Å². The van der Waals surface area contributed by atoms with Crippen LogP contribution in [0.2, 0.25) is 0 Å². The van der Waals surface area contributed by atoms with Gasteiger partial charge < -0.3 is 5.73 Å². The van der Waals surface area contributed by atoms with E-state index in [0.29, 0.717) is 0 Å². The third kappa shape index (κ3) is 3.36. The van der Waals surface area contributed by atoms with Crippen LogP contribution in [0.25, 0.3) is 0 Å². The molecule has 0 radical (unpaired) electrons. The van der Waals surface area contributed by atoms with Crippen LogP contribution in [-0.2, 0) is 0 Å². The van der Waals surface area contributed by atoms with Crippen molar-refractivity contribution in [1.29, 1.82) is 0 Å². The minimum absolute atomic E-state index is 0.146. The highest BCUT2D eigenvalue weighted by Gasteiger charge is 2.26. The minimum atomic E-state index is 0.146. The molecule has 72 valence electrons. The summed E-state index contributed by atoms with van der Waals surface area (Å²) in [6.07, 6.45) is 9.17. The minimum Gasteiger partial charge on any atom is -0.317 e. The molecule has 0 unspecified atom stereocenters. The molecule has 1 nitrogen and oxygen atoms in total. The first-order valence-electron chi connectivity index (χ1n) is 5.20. The molecule has 12 heavy (non-hydrogen) atoms. The summed E-state index contributed by atoms with van der Waals surface area (Å²) in [7, 11) is 0. The second-order valence-electron chi connectivity index (χ2n) is 3.83. The molecule has 0 atom stereocenters. The summed E-state index contributed by atoms with van der Waals surface area (Å²) in [6, 6.07) is 0. The fraction of sp³-hybridized carbons (Fsp3) is 1.00. The average molecular weight is 187 g/mol. The van der Waals surface area contributed by atoms with Crippen LogP contribution in [0.1, 0.15) is 51.9 Å². The Bertz CT molecular complexity index is 119. The molecule has 0 spiro atoms. The predicted octanol–water partition coefficient (Wildman–Crippen LogP) is 3.14. The van der Waals surface area contributed by atoms with Gasteiger partial charge in [-0.2, -0.15) is 0 Å². The van der Waals surface area contributed by atoms with Crippen molar-refractivity contribution in [3.63, 3.8) is 0 Å². The van der Waals surface area contributed by atoms with Gasteiger partial charge in [0.05, 0.1) is 4.87 Å². The van der Waals surface area contributed by atoms with E-state index in [1.165, 1.54) is 50.7 Å². The van der Waals surface area contributed by atoms with Crippen LogP contribution in [-0.4, -0.2) is 10.6 Å². The third-order valence-electron chi connectivity index (χ3n) is 2.59. The first kappa shape index (κ1) is 10.4. The van der Waals surface area contributed by atoms with Crippen molar-refractivity contribution < 1.29 is 0 Å². The van der Waals surface area contributed by atoms with Crippen molar-refractivity contribution in [3.05, 3.63) is 0 Å². The fourth-order valence-corrected chi connectivity index (χ4v) is 3.13.